The summed E-state index contributed by atoms with van der Waals surface area (Å²) >= 11 is 0. The molecule has 1 aliphatic carbocycles. The zero-order valence-corrected chi connectivity index (χ0v) is 13.7. The van der Waals surface area contributed by atoms with E-state index >= 15 is 0 Å². The average Bonchev–Trinajstić information content (AvgIpc) is 2.94. The minimum absolute atomic E-state index is 0.00532. The number of amides is 2. The molecule has 0 spiro atoms. The van der Waals surface area contributed by atoms with Crippen LogP contribution in [0, 0.1) is 11.8 Å². The number of aliphatic carboxylic acids is 1. The van der Waals surface area contributed by atoms with E-state index in [2.05, 4.69) is 0 Å². The van der Waals surface area contributed by atoms with Gasteiger partial charge in [0.15, 0.2) is 0 Å². The van der Waals surface area contributed by atoms with Crippen LogP contribution in [0.25, 0.3) is 0 Å². The average molecular weight is 322 g/mol. The lowest BCUT2D eigenvalue weighted by molar-refractivity contribution is -0.153. The largest absolute Gasteiger partial charge is 0.480 e. The van der Waals surface area contributed by atoms with Gasteiger partial charge in [-0.05, 0) is 38.0 Å². The van der Waals surface area contributed by atoms with E-state index in [1.807, 2.05) is 0 Å². The van der Waals surface area contributed by atoms with Crippen LogP contribution in [0.15, 0.2) is 0 Å². The number of piperidine rings is 1. The first-order valence-corrected chi connectivity index (χ1v) is 8.79. The van der Waals surface area contributed by atoms with E-state index in [0.29, 0.717) is 25.4 Å². The molecule has 2 heterocycles. The van der Waals surface area contributed by atoms with Crippen LogP contribution in [0.2, 0.25) is 0 Å². The van der Waals surface area contributed by atoms with E-state index in [1.165, 1.54) is 6.92 Å². The van der Waals surface area contributed by atoms with Crippen LogP contribution in [-0.4, -0.2) is 57.9 Å². The highest BCUT2D eigenvalue weighted by Crippen LogP contribution is 2.41. The van der Waals surface area contributed by atoms with Gasteiger partial charge in [-0.2, -0.15) is 0 Å². The Kier molecular flexibility index (Phi) is 4.60. The molecule has 0 radical (unpaired) electrons. The van der Waals surface area contributed by atoms with Crippen molar-refractivity contribution < 1.29 is 19.5 Å². The highest BCUT2D eigenvalue weighted by Gasteiger charge is 2.49. The predicted octanol–water partition coefficient (Wildman–Crippen LogP) is 1.49. The van der Waals surface area contributed by atoms with Crippen molar-refractivity contribution in [2.45, 2.75) is 64.0 Å². The summed E-state index contributed by atoms with van der Waals surface area (Å²) in [5, 5.41) is 9.56. The number of carbonyl (C=O) groups is 3. The van der Waals surface area contributed by atoms with E-state index in [1.54, 1.807) is 9.80 Å². The van der Waals surface area contributed by atoms with Crippen molar-refractivity contribution in [2.24, 2.45) is 11.8 Å². The fourth-order valence-electron chi connectivity index (χ4n) is 4.67. The summed E-state index contributed by atoms with van der Waals surface area (Å²) in [5.74, 6) is -0.838. The molecule has 128 valence electrons. The van der Waals surface area contributed by atoms with E-state index < -0.39 is 12.0 Å². The number of rotatable bonds is 2. The highest BCUT2D eigenvalue weighted by atomic mass is 16.4. The first-order valence-electron chi connectivity index (χ1n) is 8.79. The van der Waals surface area contributed by atoms with Crippen molar-refractivity contribution in [1.29, 1.82) is 0 Å². The molecule has 0 aromatic heterocycles. The minimum Gasteiger partial charge on any atom is -0.480 e. The Balaban J connectivity index is 1.78. The topological polar surface area (TPSA) is 77.9 Å². The highest BCUT2D eigenvalue weighted by molar-refractivity contribution is 5.87. The molecule has 0 unspecified atom stereocenters. The predicted molar refractivity (Wildman–Crippen MR) is 83.6 cm³/mol. The van der Waals surface area contributed by atoms with E-state index in [0.717, 1.165) is 38.5 Å². The Morgan fingerprint density at radius 3 is 2.48 bits per heavy atom. The number of nitrogens with zero attached hydrogens (tertiary/aromatic N) is 2. The molecular weight excluding hydrogens is 296 g/mol. The summed E-state index contributed by atoms with van der Waals surface area (Å²) in [4.78, 5) is 39.7. The van der Waals surface area contributed by atoms with Crippen LogP contribution in [0.1, 0.15) is 51.9 Å². The maximum Gasteiger partial charge on any atom is 0.326 e. The van der Waals surface area contributed by atoms with Gasteiger partial charge in [0, 0.05) is 26.1 Å². The van der Waals surface area contributed by atoms with Crippen molar-refractivity contribution in [1.82, 2.24) is 9.80 Å². The number of hydrogen-bond donors (Lipinski definition) is 1. The lowest BCUT2D eigenvalue weighted by atomic mass is 9.84. The van der Waals surface area contributed by atoms with Gasteiger partial charge in [-0.25, -0.2) is 4.79 Å². The molecule has 3 fully saturated rings. The molecule has 0 aromatic carbocycles. The Morgan fingerprint density at radius 1 is 1.04 bits per heavy atom. The summed E-state index contributed by atoms with van der Waals surface area (Å²) in [6, 6.07) is -0.589. The Morgan fingerprint density at radius 2 is 1.78 bits per heavy atom. The van der Waals surface area contributed by atoms with Crippen molar-refractivity contribution in [2.75, 3.05) is 13.1 Å². The molecule has 6 heteroatoms. The SMILES string of the molecule is CC(=O)N1CCC[C@H](C(=O)N2[C@@H]3CCCC[C@@H]3C[C@H]2C(=O)O)C1. The number of carboxylic acid groups (broad SMARTS) is 1. The third-order valence-electron chi connectivity index (χ3n) is 5.84. The molecule has 2 amide bonds. The molecule has 4 atom stereocenters. The Bertz CT molecular complexity index is 507. The quantitative estimate of drug-likeness (QED) is 0.835. The third-order valence-corrected chi connectivity index (χ3v) is 5.84. The summed E-state index contributed by atoms with van der Waals surface area (Å²) in [7, 11) is 0. The van der Waals surface area contributed by atoms with Crippen molar-refractivity contribution in [3.8, 4) is 0 Å². The molecule has 0 aromatic rings. The lowest BCUT2D eigenvalue weighted by Gasteiger charge is -2.38. The fourth-order valence-corrected chi connectivity index (χ4v) is 4.67. The monoisotopic (exact) mass is 322 g/mol. The van der Waals surface area contributed by atoms with Gasteiger partial charge in [0.25, 0.3) is 0 Å². The summed E-state index contributed by atoms with van der Waals surface area (Å²) < 4.78 is 0. The van der Waals surface area contributed by atoms with Gasteiger partial charge >= 0.3 is 5.97 Å². The summed E-state index contributed by atoms with van der Waals surface area (Å²) in [6.07, 6.45) is 6.32. The second kappa shape index (κ2) is 6.49. The van der Waals surface area contributed by atoms with Crippen LogP contribution in [0.4, 0.5) is 0 Å². The maximum absolute atomic E-state index is 13.1. The van der Waals surface area contributed by atoms with Crippen LogP contribution >= 0.6 is 0 Å². The van der Waals surface area contributed by atoms with Gasteiger partial charge < -0.3 is 14.9 Å². The molecular formula is C17H26N2O4. The van der Waals surface area contributed by atoms with E-state index in [4.69, 9.17) is 0 Å². The van der Waals surface area contributed by atoms with Gasteiger partial charge in [0.1, 0.15) is 6.04 Å². The Hall–Kier alpha value is -1.59. The van der Waals surface area contributed by atoms with Crippen molar-refractivity contribution >= 4 is 17.8 Å². The second-order valence-electron chi connectivity index (χ2n) is 7.25. The van der Waals surface area contributed by atoms with Gasteiger partial charge in [-0.3, -0.25) is 9.59 Å². The van der Waals surface area contributed by atoms with Crippen LogP contribution in [-0.2, 0) is 14.4 Å². The minimum atomic E-state index is -0.882. The molecule has 0 bridgehead atoms. The van der Waals surface area contributed by atoms with Crippen LogP contribution < -0.4 is 0 Å². The van der Waals surface area contributed by atoms with Gasteiger partial charge in [-0.1, -0.05) is 12.8 Å². The summed E-state index contributed by atoms with van der Waals surface area (Å²) in [6.45, 7) is 2.67. The van der Waals surface area contributed by atoms with Gasteiger partial charge in [0.2, 0.25) is 11.8 Å². The number of hydrogen-bond acceptors (Lipinski definition) is 3. The standard InChI is InChI=1S/C17H26N2O4/c1-11(20)18-8-4-6-13(10-18)16(21)19-14-7-3-2-5-12(14)9-15(19)17(22)23/h12-15H,2-10H2,1H3,(H,22,23)/t12-,13+,14-,15+/m1/s1. The molecule has 6 nitrogen and oxygen atoms in total. The molecule has 1 N–H and O–H groups in total. The molecule has 23 heavy (non-hydrogen) atoms. The normalized spacial score (nSPS) is 34.1. The molecule has 2 aliphatic heterocycles. The molecule has 3 aliphatic rings. The second-order valence-corrected chi connectivity index (χ2v) is 7.25. The number of likely N-dealkylation sites (tertiary alicyclic amines) is 2. The number of fused-ring (bicyclic) bond motifs is 1. The van der Waals surface area contributed by atoms with E-state index in [-0.39, 0.29) is 23.8 Å². The first-order chi connectivity index (χ1) is 11.0. The zero-order chi connectivity index (χ0) is 16.6. The van der Waals surface area contributed by atoms with Crippen LogP contribution in [0.3, 0.4) is 0 Å². The van der Waals surface area contributed by atoms with Crippen molar-refractivity contribution in [3.05, 3.63) is 0 Å². The molecule has 2 saturated heterocycles. The maximum atomic E-state index is 13.1. The van der Waals surface area contributed by atoms with Crippen LogP contribution in [0.5, 0.6) is 0 Å². The molecule has 3 rings (SSSR count). The number of carbonyl (C=O) groups excluding carboxylic acids is 2. The Labute approximate surface area is 136 Å². The zero-order valence-electron chi connectivity index (χ0n) is 13.7. The van der Waals surface area contributed by atoms with E-state index in [9.17, 15) is 19.5 Å². The van der Waals surface area contributed by atoms with Crippen molar-refractivity contribution in [3.63, 3.8) is 0 Å². The van der Waals surface area contributed by atoms with Gasteiger partial charge in [-0.15, -0.1) is 0 Å². The first kappa shape index (κ1) is 16.3. The third kappa shape index (κ3) is 3.08. The lowest BCUT2D eigenvalue weighted by Crippen LogP contribution is -2.52. The fraction of sp³-hybridized carbons (Fsp3) is 0.824. The smallest absolute Gasteiger partial charge is 0.326 e. The molecule has 1 saturated carbocycles. The number of carboxylic acids is 1. The summed E-state index contributed by atoms with van der Waals surface area (Å²) in [5.41, 5.74) is 0. The van der Waals surface area contributed by atoms with Gasteiger partial charge in [0.05, 0.1) is 5.92 Å².